The highest BCUT2D eigenvalue weighted by Gasteiger charge is 2.10. The molecule has 1 aromatic heterocycles. The minimum absolute atomic E-state index is 0.0399. The van der Waals surface area contributed by atoms with E-state index >= 15 is 0 Å². The second kappa shape index (κ2) is 8.10. The van der Waals surface area contributed by atoms with E-state index in [2.05, 4.69) is 15.6 Å². The Labute approximate surface area is 141 Å². The Morgan fingerprint density at radius 2 is 1.67 bits per heavy atom. The topological polar surface area (TPSA) is 74.3 Å². The summed E-state index contributed by atoms with van der Waals surface area (Å²) in [4.78, 5) is 29.6. The van der Waals surface area contributed by atoms with E-state index in [0.29, 0.717) is 17.9 Å². The van der Waals surface area contributed by atoms with Crippen molar-refractivity contribution in [3.8, 4) is 0 Å². The van der Waals surface area contributed by atoms with Crippen molar-refractivity contribution in [3.63, 3.8) is 0 Å². The van der Waals surface area contributed by atoms with Gasteiger partial charge in [0, 0.05) is 30.5 Å². The summed E-state index contributed by atoms with van der Waals surface area (Å²) >= 11 is 0. The molecule has 2 aromatic rings. The Morgan fingerprint density at radius 3 is 2.21 bits per heavy atom. The van der Waals surface area contributed by atoms with Crippen LogP contribution in [0.1, 0.15) is 19.5 Å². The SMILES string of the molecule is CC(C)C(=O)Nc1ccc(NC(=O)N(C)Cc2ccccn2)cc1. The number of hydrogen-bond acceptors (Lipinski definition) is 3. The first kappa shape index (κ1) is 17.5. The van der Waals surface area contributed by atoms with Crippen LogP contribution in [0, 0.1) is 5.92 Å². The van der Waals surface area contributed by atoms with Gasteiger partial charge < -0.3 is 15.5 Å². The zero-order chi connectivity index (χ0) is 17.5. The molecule has 126 valence electrons. The molecule has 1 aromatic carbocycles. The summed E-state index contributed by atoms with van der Waals surface area (Å²) in [5.74, 6) is -0.119. The Bertz CT molecular complexity index is 684. The highest BCUT2D eigenvalue weighted by Crippen LogP contribution is 2.15. The van der Waals surface area contributed by atoms with Crippen molar-refractivity contribution in [2.75, 3.05) is 17.7 Å². The van der Waals surface area contributed by atoms with Crippen LogP contribution in [-0.2, 0) is 11.3 Å². The Hall–Kier alpha value is -2.89. The Balaban J connectivity index is 1.90. The van der Waals surface area contributed by atoms with E-state index in [1.807, 2.05) is 32.0 Å². The van der Waals surface area contributed by atoms with Crippen LogP contribution in [0.4, 0.5) is 16.2 Å². The number of aromatic nitrogens is 1. The lowest BCUT2D eigenvalue weighted by Crippen LogP contribution is -2.31. The third-order valence-corrected chi connectivity index (χ3v) is 3.40. The number of nitrogens with one attached hydrogen (secondary N) is 2. The quantitative estimate of drug-likeness (QED) is 0.885. The smallest absolute Gasteiger partial charge is 0.321 e. The van der Waals surface area contributed by atoms with Gasteiger partial charge in [-0.2, -0.15) is 0 Å². The second-order valence-corrected chi connectivity index (χ2v) is 5.83. The first-order chi connectivity index (χ1) is 11.5. The van der Waals surface area contributed by atoms with Gasteiger partial charge in [0.05, 0.1) is 12.2 Å². The van der Waals surface area contributed by atoms with Crippen LogP contribution in [0.25, 0.3) is 0 Å². The minimum atomic E-state index is -0.223. The molecule has 6 heteroatoms. The van der Waals surface area contributed by atoms with E-state index in [1.165, 1.54) is 0 Å². The van der Waals surface area contributed by atoms with Crippen LogP contribution in [0.5, 0.6) is 0 Å². The molecule has 2 rings (SSSR count). The summed E-state index contributed by atoms with van der Waals surface area (Å²) in [6.45, 7) is 4.10. The van der Waals surface area contributed by atoms with Crippen LogP contribution < -0.4 is 10.6 Å². The molecule has 0 aliphatic carbocycles. The normalized spacial score (nSPS) is 10.3. The molecular weight excluding hydrogens is 304 g/mol. The van der Waals surface area contributed by atoms with Gasteiger partial charge in [0.1, 0.15) is 0 Å². The van der Waals surface area contributed by atoms with Gasteiger partial charge in [-0.05, 0) is 36.4 Å². The molecule has 0 saturated carbocycles. The molecule has 0 aliphatic rings. The highest BCUT2D eigenvalue weighted by molar-refractivity contribution is 5.93. The lowest BCUT2D eigenvalue weighted by atomic mass is 10.2. The average Bonchev–Trinajstić information content (AvgIpc) is 2.57. The summed E-state index contributed by atoms with van der Waals surface area (Å²) in [5.41, 5.74) is 2.19. The van der Waals surface area contributed by atoms with Crippen molar-refractivity contribution in [2.45, 2.75) is 20.4 Å². The molecule has 0 aliphatic heterocycles. The number of carbonyl (C=O) groups excluding carboxylic acids is 2. The first-order valence-corrected chi connectivity index (χ1v) is 7.78. The molecule has 0 unspecified atom stereocenters. The maximum atomic E-state index is 12.2. The van der Waals surface area contributed by atoms with E-state index in [0.717, 1.165) is 5.69 Å². The molecule has 24 heavy (non-hydrogen) atoms. The van der Waals surface area contributed by atoms with Crippen molar-refractivity contribution < 1.29 is 9.59 Å². The van der Waals surface area contributed by atoms with Gasteiger partial charge in [0.15, 0.2) is 0 Å². The number of hydrogen-bond donors (Lipinski definition) is 2. The molecule has 6 nitrogen and oxygen atoms in total. The summed E-state index contributed by atoms with van der Waals surface area (Å²) in [6.07, 6.45) is 1.70. The van der Waals surface area contributed by atoms with E-state index < -0.39 is 0 Å². The molecule has 2 N–H and O–H groups in total. The maximum absolute atomic E-state index is 12.2. The van der Waals surface area contributed by atoms with E-state index in [4.69, 9.17) is 0 Å². The molecule has 0 bridgehead atoms. The molecule has 0 fully saturated rings. The Kier molecular flexibility index (Phi) is 5.89. The molecule has 0 saturated heterocycles. The van der Waals surface area contributed by atoms with Gasteiger partial charge in [0.2, 0.25) is 5.91 Å². The highest BCUT2D eigenvalue weighted by atomic mass is 16.2. The summed E-state index contributed by atoms with van der Waals surface area (Å²) < 4.78 is 0. The number of rotatable bonds is 5. The number of anilines is 2. The number of pyridine rings is 1. The second-order valence-electron chi connectivity index (χ2n) is 5.83. The number of amides is 3. The lowest BCUT2D eigenvalue weighted by molar-refractivity contribution is -0.118. The molecule has 3 amide bonds. The monoisotopic (exact) mass is 326 g/mol. The number of benzene rings is 1. The fourth-order valence-electron chi connectivity index (χ4n) is 1.95. The minimum Gasteiger partial charge on any atom is -0.326 e. The lowest BCUT2D eigenvalue weighted by Gasteiger charge is -2.17. The average molecular weight is 326 g/mol. The summed E-state index contributed by atoms with van der Waals surface area (Å²) in [7, 11) is 1.71. The van der Waals surface area contributed by atoms with Crippen molar-refractivity contribution in [1.82, 2.24) is 9.88 Å². The van der Waals surface area contributed by atoms with E-state index in [1.54, 1.807) is 42.4 Å². The maximum Gasteiger partial charge on any atom is 0.321 e. The summed E-state index contributed by atoms with van der Waals surface area (Å²) in [5, 5.41) is 5.62. The van der Waals surface area contributed by atoms with Crippen LogP contribution in [0.2, 0.25) is 0 Å². The van der Waals surface area contributed by atoms with Crippen LogP contribution in [-0.4, -0.2) is 28.9 Å². The number of carbonyl (C=O) groups is 2. The van der Waals surface area contributed by atoms with E-state index in [-0.39, 0.29) is 17.9 Å². The largest absolute Gasteiger partial charge is 0.326 e. The third kappa shape index (κ3) is 5.08. The van der Waals surface area contributed by atoms with Crippen LogP contribution >= 0.6 is 0 Å². The molecule has 0 radical (unpaired) electrons. The Morgan fingerprint density at radius 1 is 1.04 bits per heavy atom. The standard InChI is InChI=1S/C18H22N4O2/c1-13(2)17(23)20-14-7-9-15(10-8-14)21-18(24)22(3)12-16-6-4-5-11-19-16/h4-11,13H,12H2,1-3H3,(H,20,23)(H,21,24). The molecule has 0 atom stereocenters. The van der Waals surface area contributed by atoms with Gasteiger partial charge in [0.25, 0.3) is 0 Å². The van der Waals surface area contributed by atoms with Gasteiger partial charge >= 0.3 is 6.03 Å². The first-order valence-electron chi connectivity index (χ1n) is 7.78. The van der Waals surface area contributed by atoms with Gasteiger partial charge in [-0.3, -0.25) is 9.78 Å². The number of nitrogens with zero attached hydrogens (tertiary/aromatic N) is 2. The van der Waals surface area contributed by atoms with Crippen molar-refractivity contribution >= 4 is 23.3 Å². The fourth-order valence-corrected chi connectivity index (χ4v) is 1.95. The van der Waals surface area contributed by atoms with Gasteiger partial charge in [-0.1, -0.05) is 19.9 Å². The summed E-state index contributed by atoms with van der Waals surface area (Å²) in [6, 6.07) is 12.4. The third-order valence-electron chi connectivity index (χ3n) is 3.40. The van der Waals surface area contributed by atoms with Crippen LogP contribution in [0.15, 0.2) is 48.7 Å². The zero-order valence-corrected chi connectivity index (χ0v) is 14.1. The fraction of sp³-hybridized carbons (Fsp3) is 0.278. The zero-order valence-electron chi connectivity index (χ0n) is 14.1. The van der Waals surface area contributed by atoms with Crippen molar-refractivity contribution in [1.29, 1.82) is 0 Å². The predicted octanol–water partition coefficient (Wildman–Crippen LogP) is 3.34. The van der Waals surface area contributed by atoms with Crippen LogP contribution in [0.3, 0.4) is 0 Å². The predicted molar refractivity (Wildman–Crippen MR) is 94.6 cm³/mol. The molecule has 0 spiro atoms. The van der Waals surface area contributed by atoms with Crippen molar-refractivity contribution in [2.24, 2.45) is 5.92 Å². The van der Waals surface area contributed by atoms with Crippen molar-refractivity contribution in [3.05, 3.63) is 54.4 Å². The van der Waals surface area contributed by atoms with Gasteiger partial charge in [-0.25, -0.2) is 4.79 Å². The molecular formula is C18H22N4O2. The van der Waals surface area contributed by atoms with E-state index in [9.17, 15) is 9.59 Å². The van der Waals surface area contributed by atoms with Gasteiger partial charge in [-0.15, -0.1) is 0 Å². The number of urea groups is 1. The molecule has 1 heterocycles.